The summed E-state index contributed by atoms with van der Waals surface area (Å²) in [4.78, 5) is 4.35. The van der Waals surface area contributed by atoms with Crippen LogP contribution in [0.5, 0.6) is 0 Å². The number of benzene rings is 1. The van der Waals surface area contributed by atoms with E-state index in [-0.39, 0.29) is 6.10 Å². The number of nitrogens with two attached hydrogens (primary N) is 1. The van der Waals surface area contributed by atoms with Gasteiger partial charge in [0.05, 0.1) is 11.6 Å². The van der Waals surface area contributed by atoms with Crippen LogP contribution in [-0.4, -0.2) is 16.2 Å². The van der Waals surface area contributed by atoms with Crippen molar-refractivity contribution in [1.82, 2.24) is 4.98 Å². The van der Waals surface area contributed by atoms with Crippen LogP contribution in [-0.2, 0) is 5.54 Å². The molecule has 1 saturated carbocycles. The molecule has 1 aromatic carbocycles. The van der Waals surface area contributed by atoms with Crippen LogP contribution in [0.25, 0.3) is 10.9 Å². The Hall–Kier alpha value is -1.16. The van der Waals surface area contributed by atoms with E-state index in [9.17, 15) is 5.11 Å². The fourth-order valence-electron chi connectivity index (χ4n) is 2.44. The van der Waals surface area contributed by atoms with Gasteiger partial charge in [-0.2, -0.15) is 0 Å². The van der Waals surface area contributed by atoms with Crippen LogP contribution in [0.2, 0.25) is 5.15 Å². The maximum absolute atomic E-state index is 9.41. The van der Waals surface area contributed by atoms with Gasteiger partial charge in [0.15, 0.2) is 0 Å². The largest absolute Gasteiger partial charge is 0.393 e. The van der Waals surface area contributed by atoms with E-state index in [0.29, 0.717) is 18.0 Å². The number of aromatic nitrogens is 1. The second-order valence-corrected chi connectivity index (χ2v) is 5.10. The second-order valence-electron chi connectivity index (χ2n) is 4.74. The van der Waals surface area contributed by atoms with Crippen LogP contribution in [0, 0.1) is 0 Å². The molecular weight excluding hydrogens is 236 g/mol. The summed E-state index contributed by atoms with van der Waals surface area (Å²) in [5.74, 6) is 0. The van der Waals surface area contributed by atoms with Gasteiger partial charge in [0, 0.05) is 16.5 Å². The van der Waals surface area contributed by atoms with Gasteiger partial charge < -0.3 is 10.8 Å². The Labute approximate surface area is 104 Å². The minimum absolute atomic E-state index is 0.317. The third-order valence-corrected chi connectivity index (χ3v) is 3.70. The highest BCUT2D eigenvalue weighted by molar-refractivity contribution is 6.30. The molecule has 3 N–H and O–H groups in total. The number of halogens is 1. The van der Waals surface area contributed by atoms with Gasteiger partial charge in [-0.25, -0.2) is 4.98 Å². The highest BCUT2D eigenvalue weighted by Crippen LogP contribution is 2.42. The summed E-state index contributed by atoms with van der Waals surface area (Å²) in [7, 11) is 0. The molecule has 88 valence electrons. The van der Waals surface area contributed by atoms with Gasteiger partial charge in [0.2, 0.25) is 0 Å². The molecule has 4 heteroatoms. The molecule has 3 nitrogen and oxygen atoms in total. The number of fused-ring (bicyclic) bond motifs is 1. The maximum atomic E-state index is 9.41. The smallest absolute Gasteiger partial charge is 0.134 e. The fourth-order valence-corrected chi connectivity index (χ4v) is 2.78. The van der Waals surface area contributed by atoms with E-state index in [0.717, 1.165) is 16.5 Å². The normalized spacial score (nSPS) is 28.1. The first-order chi connectivity index (χ1) is 8.08. The summed E-state index contributed by atoms with van der Waals surface area (Å²) in [6, 6.07) is 9.78. The zero-order chi connectivity index (χ0) is 12.0. The molecule has 0 aliphatic heterocycles. The summed E-state index contributed by atoms with van der Waals surface area (Å²) in [6.45, 7) is 0. The molecule has 0 radical (unpaired) electrons. The van der Waals surface area contributed by atoms with Crippen molar-refractivity contribution in [3.8, 4) is 0 Å². The van der Waals surface area contributed by atoms with Gasteiger partial charge in [-0.3, -0.25) is 0 Å². The molecule has 0 amide bonds. The Morgan fingerprint density at radius 3 is 2.76 bits per heavy atom. The van der Waals surface area contributed by atoms with Gasteiger partial charge >= 0.3 is 0 Å². The quantitative estimate of drug-likeness (QED) is 0.761. The summed E-state index contributed by atoms with van der Waals surface area (Å²) in [5, 5.41) is 10.9. The number of nitrogens with zero attached hydrogens (tertiary/aromatic N) is 1. The fraction of sp³-hybridized carbons (Fsp3) is 0.308. The Balaban J connectivity index is 2.14. The summed E-state index contributed by atoms with van der Waals surface area (Å²) >= 11 is 6.18. The van der Waals surface area contributed by atoms with Crippen molar-refractivity contribution in [2.75, 3.05) is 0 Å². The van der Waals surface area contributed by atoms with Crippen molar-refractivity contribution in [1.29, 1.82) is 0 Å². The van der Waals surface area contributed by atoms with Crippen molar-refractivity contribution < 1.29 is 5.11 Å². The maximum Gasteiger partial charge on any atom is 0.134 e. The predicted molar refractivity (Wildman–Crippen MR) is 67.9 cm³/mol. The second kappa shape index (κ2) is 3.67. The van der Waals surface area contributed by atoms with Gasteiger partial charge in [-0.15, -0.1) is 0 Å². The van der Waals surface area contributed by atoms with Gasteiger partial charge in [-0.1, -0.05) is 29.8 Å². The molecule has 1 aliphatic rings. The van der Waals surface area contributed by atoms with E-state index >= 15 is 0 Å². The topological polar surface area (TPSA) is 59.1 Å². The van der Waals surface area contributed by atoms with E-state index in [2.05, 4.69) is 4.98 Å². The highest BCUT2D eigenvalue weighted by atomic mass is 35.5. The van der Waals surface area contributed by atoms with Crippen molar-refractivity contribution in [2.24, 2.45) is 5.73 Å². The molecule has 0 saturated heterocycles. The highest BCUT2D eigenvalue weighted by Gasteiger charge is 2.43. The van der Waals surface area contributed by atoms with E-state index in [1.807, 2.05) is 30.3 Å². The number of aliphatic hydroxyl groups excluding tert-OH is 1. The molecule has 3 rings (SSSR count). The van der Waals surface area contributed by atoms with Crippen molar-refractivity contribution >= 4 is 22.5 Å². The summed E-state index contributed by atoms with van der Waals surface area (Å²) in [6.07, 6.45) is 0.780. The van der Waals surface area contributed by atoms with Crippen LogP contribution in [0.4, 0.5) is 0 Å². The lowest BCUT2D eigenvalue weighted by molar-refractivity contribution is 0.0209. The zero-order valence-corrected chi connectivity index (χ0v) is 9.98. The number of para-hydroxylation sites is 1. The Morgan fingerprint density at radius 1 is 1.35 bits per heavy atom. The molecule has 1 aliphatic carbocycles. The molecule has 1 aromatic heterocycles. The Bertz CT molecular complexity index is 579. The first-order valence-corrected chi connectivity index (χ1v) is 5.99. The van der Waals surface area contributed by atoms with Crippen LogP contribution < -0.4 is 5.73 Å². The van der Waals surface area contributed by atoms with E-state index in [1.165, 1.54) is 0 Å². The molecule has 0 bridgehead atoms. The molecule has 17 heavy (non-hydrogen) atoms. The number of pyridine rings is 1. The minimum atomic E-state index is -0.520. The van der Waals surface area contributed by atoms with Crippen molar-refractivity contribution in [3.63, 3.8) is 0 Å². The lowest BCUT2D eigenvalue weighted by Gasteiger charge is -2.42. The average Bonchev–Trinajstić information content (AvgIpc) is 2.26. The molecule has 1 fully saturated rings. The first-order valence-electron chi connectivity index (χ1n) is 5.61. The minimum Gasteiger partial charge on any atom is -0.393 e. The molecule has 0 unspecified atom stereocenters. The molecule has 2 aromatic rings. The first kappa shape index (κ1) is 11.0. The molecular formula is C13H13ClN2O. The number of hydrogen-bond acceptors (Lipinski definition) is 3. The van der Waals surface area contributed by atoms with Crippen molar-refractivity contribution in [2.45, 2.75) is 24.5 Å². The van der Waals surface area contributed by atoms with Crippen molar-refractivity contribution in [3.05, 3.63) is 41.0 Å². The van der Waals surface area contributed by atoms with E-state index < -0.39 is 5.54 Å². The molecule has 0 spiro atoms. The van der Waals surface area contributed by atoms with Gasteiger partial charge in [-0.05, 0) is 25.0 Å². The molecule has 1 heterocycles. The third-order valence-electron chi connectivity index (χ3n) is 3.41. The standard InChI is InChI=1S/C13H13ClN2O/c14-12-10(13(15)6-9(17)7-13)5-8-3-1-2-4-11(8)16-12/h1-5,9,17H,6-7,15H2. The lowest BCUT2D eigenvalue weighted by Crippen LogP contribution is -2.51. The summed E-state index contributed by atoms with van der Waals surface area (Å²) in [5.41, 5.74) is 7.40. The number of hydrogen-bond donors (Lipinski definition) is 2. The summed E-state index contributed by atoms with van der Waals surface area (Å²) < 4.78 is 0. The SMILES string of the molecule is NC1(c2cc3ccccc3nc2Cl)CC(O)C1. The number of rotatable bonds is 1. The Kier molecular flexibility index (Phi) is 2.36. The zero-order valence-electron chi connectivity index (χ0n) is 9.23. The predicted octanol–water partition coefficient (Wildman–Crippen LogP) is 2.20. The van der Waals surface area contributed by atoms with Crippen LogP contribution in [0.15, 0.2) is 30.3 Å². The van der Waals surface area contributed by atoms with E-state index in [1.54, 1.807) is 0 Å². The van der Waals surface area contributed by atoms with E-state index in [4.69, 9.17) is 17.3 Å². The number of aliphatic hydroxyl groups is 1. The monoisotopic (exact) mass is 248 g/mol. The lowest BCUT2D eigenvalue weighted by atomic mass is 9.71. The third kappa shape index (κ3) is 1.71. The molecule has 0 atom stereocenters. The van der Waals surface area contributed by atoms with Gasteiger partial charge in [0.1, 0.15) is 5.15 Å². The van der Waals surface area contributed by atoms with Crippen LogP contribution >= 0.6 is 11.6 Å². The van der Waals surface area contributed by atoms with Crippen LogP contribution in [0.1, 0.15) is 18.4 Å². The Morgan fingerprint density at radius 2 is 2.06 bits per heavy atom. The average molecular weight is 249 g/mol. The van der Waals surface area contributed by atoms with Crippen LogP contribution in [0.3, 0.4) is 0 Å². The van der Waals surface area contributed by atoms with Gasteiger partial charge in [0.25, 0.3) is 0 Å².